The van der Waals surface area contributed by atoms with Crippen LogP contribution in [0.3, 0.4) is 0 Å². The Morgan fingerprint density at radius 1 is 1.00 bits per heavy atom. The van der Waals surface area contributed by atoms with E-state index in [9.17, 15) is 4.79 Å². The summed E-state index contributed by atoms with van der Waals surface area (Å²) < 4.78 is 0. The van der Waals surface area contributed by atoms with E-state index in [1.54, 1.807) is 0 Å². The van der Waals surface area contributed by atoms with Gasteiger partial charge in [-0.1, -0.05) is 56.7 Å². The first-order valence-corrected chi connectivity index (χ1v) is 8.21. The van der Waals surface area contributed by atoms with Crippen LogP contribution in [0.4, 0.5) is 0 Å². The number of amides is 1. The van der Waals surface area contributed by atoms with Gasteiger partial charge < -0.3 is 0 Å². The van der Waals surface area contributed by atoms with E-state index in [2.05, 4.69) is 30.8 Å². The Hall–Kier alpha value is -1.35. The average Bonchev–Trinajstić information content (AvgIpc) is 2.45. The van der Waals surface area contributed by atoms with Gasteiger partial charge >= 0.3 is 0 Å². The predicted molar refractivity (Wildman–Crippen MR) is 89.4 cm³/mol. The summed E-state index contributed by atoms with van der Waals surface area (Å²) >= 11 is 0. The Labute approximate surface area is 129 Å². The highest BCUT2D eigenvalue weighted by molar-refractivity contribution is 5.94. The van der Waals surface area contributed by atoms with Crippen LogP contribution in [-0.4, -0.2) is 11.9 Å². The molecule has 0 bridgehead atoms. The molecular weight excluding hydrogens is 260 g/mol. The highest BCUT2D eigenvalue weighted by Crippen LogP contribution is 2.10. The number of unbranched alkanes of at least 4 members (excludes halogenated alkanes) is 2. The Morgan fingerprint density at radius 2 is 1.52 bits per heavy atom. The Morgan fingerprint density at radius 3 is 2.00 bits per heavy atom. The summed E-state index contributed by atoms with van der Waals surface area (Å²) in [4.78, 5) is 12.2. The van der Waals surface area contributed by atoms with Crippen LogP contribution < -0.4 is 10.9 Å². The van der Waals surface area contributed by atoms with Gasteiger partial charge in [0, 0.05) is 11.6 Å². The van der Waals surface area contributed by atoms with E-state index in [4.69, 9.17) is 0 Å². The number of aryl methyl sites for hydroxylation is 2. The zero-order chi connectivity index (χ0) is 15.7. The highest BCUT2D eigenvalue weighted by atomic mass is 16.2. The quantitative estimate of drug-likeness (QED) is 0.666. The van der Waals surface area contributed by atoms with E-state index in [0.29, 0.717) is 6.04 Å². The Balaban J connectivity index is 2.54. The van der Waals surface area contributed by atoms with Crippen LogP contribution in [0.5, 0.6) is 0 Å². The summed E-state index contributed by atoms with van der Waals surface area (Å²) in [7, 11) is 0. The third-order valence-corrected chi connectivity index (χ3v) is 3.69. The van der Waals surface area contributed by atoms with Crippen molar-refractivity contribution in [1.82, 2.24) is 10.9 Å². The Bertz CT molecular complexity index is 415. The van der Waals surface area contributed by atoms with E-state index in [-0.39, 0.29) is 5.91 Å². The van der Waals surface area contributed by atoms with E-state index >= 15 is 0 Å². The maximum absolute atomic E-state index is 12.2. The SMILES string of the molecule is CCCCC(CCCC)NNC(=O)c1cc(C)cc(C)c1. The van der Waals surface area contributed by atoms with Crippen LogP contribution in [0, 0.1) is 13.8 Å². The fraction of sp³-hybridized carbons (Fsp3) is 0.611. The van der Waals surface area contributed by atoms with Gasteiger partial charge in [-0.05, 0) is 38.8 Å². The molecule has 1 aromatic rings. The number of carbonyl (C=O) groups excluding carboxylic acids is 1. The number of benzene rings is 1. The molecule has 21 heavy (non-hydrogen) atoms. The lowest BCUT2D eigenvalue weighted by Crippen LogP contribution is -2.44. The molecule has 0 spiro atoms. The molecule has 2 N–H and O–H groups in total. The standard InChI is InChI=1S/C18H30N2O/c1-5-7-9-17(10-8-6-2)19-20-18(21)16-12-14(3)11-15(4)13-16/h11-13,17,19H,5-10H2,1-4H3,(H,20,21). The van der Waals surface area contributed by atoms with Gasteiger partial charge in [-0.15, -0.1) is 0 Å². The molecule has 0 radical (unpaired) electrons. The van der Waals surface area contributed by atoms with Crippen LogP contribution in [-0.2, 0) is 0 Å². The molecule has 0 aliphatic heterocycles. The minimum Gasteiger partial charge on any atom is -0.287 e. The molecule has 1 aromatic carbocycles. The summed E-state index contributed by atoms with van der Waals surface area (Å²) in [6.07, 6.45) is 7.00. The molecule has 1 rings (SSSR count). The zero-order valence-electron chi connectivity index (χ0n) is 14.0. The van der Waals surface area contributed by atoms with Crippen molar-refractivity contribution >= 4 is 5.91 Å². The molecule has 0 atom stereocenters. The third kappa shape index (κ3) is 6.76. The molecule has 3 nitrogen and oxygen atoms in total. The van der Waals surface area contributed by atoms with Crippen molar-refractivity contribution < 1.29 is 4.79 Å². The van der Waals surface area contributed by atoms with E-state index < -0.39 is 0 Å². The van der Waals surface area contributed by atoms with Crippen LogP contribution in [0.1, 0.15) is 73.9 Å². The first-order valence-electron chi connectivity index (χ1n) is 8.21. The third-order valence-electron chi connectivity index (χ3n) is 3.69. The van der Waals surface area contributed by atoms with Gasteiger partial charge in [-0.25, -0.2) is 5.43 Å². The predicted octanol–water partition coefficient (Wildman–Crippen LogP) is 4.29. The van der Waals surface area contributed by atoms with Gasteiger partial charge in [0.15, 0.2) is 0 Å². The van der Waals surface area contributed by atoms with Crippen LogP contribution in [0.15, 0.2) is 18.2 Å². The summed E-state index contributed by atoms with van der Waals surface area (Å²) in [6, 6.07) is 6.31. The molecule has 0 aliphatic carbocycles. The van der Waals surface area contributed by atoms with Crippen molar-refractivity contribution in [1.29, 1.82) is 0 Å². The van der Waals surface area contributed by atoms with Crippen molar-refractivity contribution in [3.8, 4) is 0 Å². The lowest BCUT2D eigenvalue weighted by molar-refractivity contribution is 0.0922. The van der Waals surface area contributed by atoms with Crippen LogP contribution in [0.2, 0.25) is 0 Å². The highest BCUT2D eigenvalue weighted by Gasteiger charge is 2.11. The normalized spacial score (nSPS) is 10.9. The molecule has 0 aromatic heterocycles. The van der Waals surface area contributed by atoms with Gasteiger partial charge in [-0.2, -0.15) is 0 Å². The molecule has 118 valence electrons. The molecule has 0 fully saturated rings. The first kappa shape index (κ1) is 17.7. The van der Waals surface area contributed by atoms with E-state index in [1.807, 2.05) is 26.0 Å². The minimum atomic E-state index is -0.0419. The minimum absolute atomic E-state index is 0.0419. The van der Waals surface area contributed by atoms with Gasteiger partial charge in [0.25, 0.3) is 5.91 Å². The van der Waals surface area contributed by atoms with Crippen molar-refractivity contribution in [2.45, 2.75) is 72.3 Å². The number of hydrazine groups is 1. The molecular formula is C18H30N2O. The van der Waals surface area contributed by atoms with Crippen molar-refractivity contribution in [2.75, 3.05) is 0 Å². The molecule has 3 heteroatoms. The van der Waals surface area contributed by atoms with Gasteiger partial charge in [-0.3, -0.25) is 10.2 Å². The van der Waals surface area contributed by atoms with Crippen LogP contribution >= 0.6 is 0 Å². The second-order valence-corrected chi connectivity index (χ2v) is 5.96. The maximum Gasteiger partial charge on any atom is 0.265 e. The largest absolute Gasteiger partial charge is 0.287 e. The van der Waals surface area contributed by atoms with Gasteiger partial charge in [0.2, 0.25) is 0 Å². The number of hydrogen-bond donors (Lipinski definition) is 2. The smallest absolute Gasteiger partial charge is 0.265 e. The molecule has 0 aliphatic rings. The molecule has 0 unspecified atom stereocenters. The maximum atomic E-state index is 12.2. The van der Waals surface area contributed by atoms with Crippen molar-refractivity contribution in [2.24, 2.45) is 0 Å². The lowest BCUT2D eigenvalue weighted by Gasteiger charge is -2.19. The summed E-state index contributed by atoms with van der Waals surface area (Å²) in [5, 5.41) is 0. The first-order chi connectivity index (χ1) is 10.1. The average molecular weight is 290 g/mol. The molecule has 0 saturated heterocycles. The monoisotopic (exact) mass is 290 g/mol. The second-order valence-electron chi connectivity index (χ2n) is 5.96. The topological polar surface area (TPSA) is 41.1 Å². The number of rotatable bonds is 9. The molecule has 1 amide bonds. The summed E-state index contributed by atoms with van der Waals surface area (Å²) in [5.41, 5.74) is 9.07. The van der Waals surface area contributed by atoms with Gasteiger partial charge in [0.1, 0.15) is 0 Å². The Kier molecular flexibility index (Phi) is 8.06. The van der Waals surface area contributed by atoms with E-state index in [0.717, 1.165) is 29.5 Å². The van der Waals surface area contributed by atoms with Crippen molar-refractivity contribution in [3.63, 3.8) is 0 Å². The number of carbonyl (C=O) groups is 1. The number of nitrogens with one attached hydrogen (secondary N) is 2. The van der Waals surface area contributed by atoms with Gasteiger partial charge in [0.05, 0.1) is 0 Å². The number of hydrogen-bond acceptors (Lipinski definition) is 2. The zero-order valence-corrected chi connectivity index (χ0v) is 14.0. The summed E-state index contributed by atoms with van der Waals surface area (Å²) in [6.45, 7) is 8.43. The fourth-order valence-corrected chi connectivity index (χ4v) is 2.54. The molecule has 0 heterocycles. The van der Waals surface area contributed by atoms with Crippen molar-refractivity contribution in [3.05, 3.63) is 34.9 Å². The van der Waals surface area contributed by atoms with Crippen LogP contribution in [0.25, 0.3) is 0 Å². The molecule has 0 saturated carbocycles. The summed E-state index contributed by atoms with van der Waals surface area (Å²) in [5.74, 6) is -0.0419. The second kappa shape index (κ2) is 9.56. The lowest BCUT2D eigenvalue weighted by atomic mass is 10.0. The van der Waals surface area contributed by atoms with E-state index in [1.165, 1.54) is 25.7 Å². The fourth-order valence-electron chi connectivity index (χ4n) is 2.54.